The number of cyclic esters (lactones) is 1. The van der Waals surface area contributed by atoms with Crippen LogP contribution in [0.4, 0.5) is 0 Å². The van der Waals surface area contributed by atoms with Crippen LogP contribution < -0.4 is 0 Å². The van der Waals surface area contributed by atoms with Crippen LogP contribution in [0.3, 0.4) is 0 Å². The second kappa shape index (κ2) is 6.52. The highest BCUT2D eigenvalue weighted by atomic mass is 16.5. The quantitative estimate of drug-likeness (QED) is 0.519. The van der Waals surface area contributed by atoms with Crippen LogP contribution in [0.2, 0.25) is 0 Å². The molecule has 5 rings (SSSR count). The molecule has 1 aliphatic heterocycles. The monoisotopic (exact) mass is 406 g/mol. The summed E-state index contributed by atoms with van der Waals surface area (Å²) >= 11 is 0. The van der Waals surface area contributed by atoms with E-state index in [2.05, 4.69) is 6.92 Å². The van der Waals surface area contributed by atoms with E-state index < -0.39 is 22.5 Å². The third kappa shape index (κ3) is 2.52. The predicted octanol–water partition coefficient (Wildman–Crippen LogP) is 1.55. The Balaban J connectivity index is 1.53. The van der Waals surface area contributed by atoms with Gasteiger partial charge in [0, 0.05) is 23.5 Å². The predicted molar refractivity (Wildman–Crippen MR) is 105 cm³/mol. The maximum atomic E-state index is 12.1. The van der Waals surface area contributed by atoms with Crippen molar-refractivity contribution >= 4 is 5.97 Å². The van der Waals surface area contributed by atoms with Crippen molar-refractivity contribution in [3.05, 3.63) is 11.6 Å². The lowest BCUT2D eigenvalue weighted by Crippen LogP contribution is -2.67. The SMILES string of the molecule is C[C@]12CC(O)C3[C@@H](CC[C@@H]4C[C@@H](O)CC[C@]34CO)[C@@]1(O)CC[C@@H]2C1=CC(=O)OC1. The van der Waals surface area contributed by atoms with E-state index in [-0.39, 0.29) is 42.4 Å². The normalized spacial score (nSPS) is 54.2. The Kier molecular flexibility index (Phi) is 4.49. The van der Waals surface area contributed by atoms with E-state index >= 15 is 0 Å². The number of aliphatic hydroxyl groups is 4. The van der Waals surface area contributed by atoms with Gasteiger partial charge in [-0.05, 0) is 80.6 Å². The lowest BCUT2D eigenvalue weighted by Gasteiger charge is -2.65. The van der Waals surface area contributed by atoms with Gasteiger partial charge in [0.2, 0.25) is 0 Å². The Hall–Kier alpha value is -0.950. The van der Waals surface area contributed by atoms with Crippen molar-refractivity contribution in [3.8, 4) is 0 Å². The van der Waals surface area contributed by atoms with E-state index in [1.807, 2.05) is 0 Å². The molecule has 4 aliphatic carbocycles. The summed E-state index contributed by atoms with van der Waals surface area (Å²) in [5.74, 6) is -0.301. The minimum absolute atomic E-state index is 0.00628. The first-order valence-electron chi connectivity index (χ1n) is 11.3. The van der Waals surface area contributed by atoms with E-state index in [0.29, 0.717) is 38.7 Å². The number of hydrogen-bond acceptors (Lipinski definition) is 6. The molecule has 0 aromatic heterocycles. The Morgan fingerprint density at radius 3 is 2.66 bits per heavy atom. The third-order valence-corrected chi connectivity index (χ3v) is 9.90. The van der Waals surface area contributed by atoms with E-state index in [9.17, 15) is 25.2 Å². The van der Waals surface area contributed by atoms with Gasteiger partial charge in [-0.3, -0.25) is 0 Å². The highest BCUT2D eigenvalue weighted by molar-refractivity contribution is 5.85. The van der Waals surface area contributed by atoms with Crippen molar-refractivity contribution < 1.29 is 30.0 Å². The molecule has 4 N–H and O–H groups in total. The van der Waals surface area contributed by atoms with Crippen LogP contribution in [0, 0.1) is 34.5 Å². The number of hydrogen-bond donors (Lipinski definition) is 4. The van der Waals surface area contributed by atoms with Gasteiger partial charge in [0.05, 0.1) is 17.8 Å². The smallest absolute Gasteiger partial charge is 0.331 e. The summed E-state index contributed by atoms with van der Waals surface area (Å²) in [6, 6.07) is 0. The van der Waals surface area contributed by atoms with Gasteiger partial charge in [0.1, 0.15) is 6.61 Å². The van der Waals surface area contributed by atoms with Crippen molar-refractivity contribution in [2.45, 2.75) is 76.1 Å². The maximum absolute atomic E-state index is 12.1. The Labute approximate surface area is 172 Å². The zero-order valence-electron chi connectivity index (χ0n) is 17.2. The van der Waals surface area contributed by atoms with Crippen LogP contribution in [0.25, 0.3) is 0 Å². The van der Waals surface area contributed by atoms with Crippen molar-refractivity contribution in [3.63, 3.8) is 0 Å². The number of carbonyl (C=O) groups is 1. The molecular formula is C23H34O6. The van der Waals surface area contributed by atoms with Gasteiger partial charge >= 0.3 is 5.97 Å². The van der Waals surface area contributed by atoms with Gasteiger partial charge in [0.15, 0.2) is 0 Å². The van der Waals surface area contributed by atoms with E-state index in [1.165, 1.54) is 0 Å². The molecule has 29 heavy (non-hydrogen) atoms. The molecule has 0 saturated heterocycles. The molecule has 6 heteroatoms. The maximum Gasteiger partial charge on any atom is 0.331 e. The van der Waals surface area contributed by atoms with Crippen LogP contribution in [-0.4, -0.2) is 57.4 Å². The number of esters is 1. The minimum atomic E-state index is -0.919. The molecule has 0 radical (unpaired) electrons. The molecule has 4 saturated carbocycles. The zero-order valence-corrected chi connectivity index (χ0v) is 17.2. The van der Waals surface area contributed by atoms with Crippen LogP contribution >= 0.6 is 0 Å². The van der Waals surface area contributed by atoms with E-state index in [4.69, 9.17) is 4.74 Å². The molecule has 0 aromatic rings. The largest absolute Gasteiger partial charge is 0.458 e. The van der Waals surface area contributed by atoms with Crippen LogP contribution in [-0.2, 0) is 9.53 Å². The Morgan fingerprint density at radius 2 is 1.97 bits per heavy atom. The molecule has 4 fully saturated rings. The number of ether oxygens (including phenoxy) is 1. The summed E-state index contributed by atoms with van der Waals surface area (Å²) in [5, 5.41) is 44.3. The van der Waals surface area contributed by atoms with Gasteiger partial charge in [-0.25, -0.2) is 4.79 Å². The fraction of sp³-hybridized carbons (Fsp3) is 0.870. The molecule has 0 spiro atoms. The molecule has 9 atom stereocenters. The van der Waals surface area contributed by atoms with Gasteiger partial charge in [-0.2, -0.15) is 0 Å². The average Bonchev–Trinajstić information content (AvgIpc) is 3.22. The summed E-state index contributed by atoms with van der Waals surface area (Å²) in [6.45, 7) is 2.38. The summed E-state index contributed by atoms with van der Waals surface area (Å²) in [5.41, 5.74) is -0.893. The fourth-order valence-electron chi connectivity index (χ4n) is 8.57. The molecule has 6 nitrogen and oxygen atoms in total. The van der Waals surface area contributed by atoms with Crippen LogP contribution in [0.15, 0.2) is 11.6 Å². The summed E-state index contributed by atoms with van der Waals surface area (Å²) in [7, 11) is 0. The first-order valence-corrected chi connectivity index (χ1v) is 11.3. The molecule has 5 aliphatic rings. The highest BCUT2D eigenvalue weighted by Gasteiger charge is 2.70. The first kappa shape index (κ1) is 20.0. The summed E-state index contributed by atoms with van der Waals surface area (Å²) in [6.07, 6.45) is 6.29. The third-order valence-electron chi connectivity index (χ3n) is 9.90. The number of aliphatic hydroxyl groups excluding tert-OH is 3. The second-order valence-electron chi connectivity index (χ2n) is 10.8. The first-order chi connectivity index (χ1) is 13.7. The van der Waals surface area contributed by atoms with Gasteiger partial charge in [-0.15, -0.1) is 0 Å². The Bertz CT molecular complexity index is 735. The van der Waals surface area contributed by atoms with E-state index in [0.717, 1.165) is 24.8 Å². The highest BCUT2D eigenvalue weighted by Crippen LogP contribution is 2.69. The van der Waals surface area contributed by atoms with Crippen LogP contribution in [0.1, 0.15) is 58.3 Å². The van der Waals surface area contributed by atoms with Gasteiger partial charge in [-0.1, -0.05) is 6.92 Å². The van der Waals surface area contributed by atoms with Crippen molar-refractivity contribution in [2.24, 2.45) is 34.5 Å². The topological polar surface area (TPSA) is 107 Å². The van der Waals surface area contributed by atoms with Crippen molar-refractivity contribution in [1.29, 1.82) is 0 Å². The molecule has 0 bridgehead atoms. The minimum Gasteiger partial charge on any atom is -0.458 e. The number of carbonyl (C=O) groups excluding carboxylic acids is 1. The number of fused-ring (bicyclic) bond motifs is 5. The standard InChI is InChI=1S/C23H34O6/c1-21-10-18(26)20-17(3-2-14-9-15(25)4-6-22(14,20)12-24)23(21,28)7-5-16(21)13-8-19(27)29-11-13/h8,14-18,20,24-26,28H,2-7,9-12H2,1H3/t14-,15+,16-,17-,18?,20?,21-,22-,23+/m1/s1. The fourth-order valence-corrected chi connectivity index (χ4v) is 8.57. The molecule has 1 heterocycles. The van der Waals surface area contributed by atoms with Gasteiger partial charge in [0.25, 0.3) is 0 Å². The molecule has 162 valence electrons. The van der Waals surface area contributed by atoms with Crippen LogP contribution in [0.5, 0.6) is 0 Å². The molecule has 0 aromatic carbocycles. The summed E-state index contributed by atoms with van der Waals surface area (Å²) in [4.78, 5) is 11.7. The van der Waals surface area contributed by atoms with Crippen molar-refractivity contribution in [1.82, 2.24) is 0 Å². The zero-order chi connectivity index (χ0) is 20.6. The van der Waals surface area contributed by atoms with Crippen molar-refractivity contribution in [2.75, 3.05) is 13.2 Å². The number of rotatable bonds is 2. The Morgan fingerprint density at radius 1 is 1.17 bits per heavy atom. The van der Waals surface area contributed by atoms with Gasteiger partial charge < -0.3 is 25.2 Å². The average molecular weight is 407 g/mol. The molecule has 2 unspecified atom stereocenters. The lowest BCUT2D eigenvalue weighted by molar-refractivity contribution is -0.252. The summed E-state index contributed by atoms with van der Waals surface area (Å²) < 4.78 is 5.15. The molecular weight excluding hydrogens is 372 g/mol. The lowest BCUT2D eigenvalue weighted by atomic mass is 9.42. The second-order valence-corrected chi connectivity index (χ2v) is 10.8. The molecule has 0 amide bonds. The van der Waals surface area contributed by atoms with E-state index in [1.54, 1.807) is 6.08 Å².